The van der Waals surface area contributed by atoms with Gasteiger partial charge in [-0.05, 0) is 79.5 Å². The van der Waals surface area contributed by atoms with Gasteiger partial charge in [-0.3, -0.25) is 0 Å². The molecule has 2 aromatic rings. The number of hydrogen-bond acceptors (Lipinski definition) is 0. The average Bonchev–Trinajstić information content (AvgIpc) is 2.84. The largest absolute Gasteiger partial charge is 0.127 e. The van der Waals surface area contributed by atoms with Crippen LogP contribution in [0, 0.1) is 6.92 Å². The highest BCUT2D eigenvalue weighted by Gasteiger charge is 2.40. The van der Waals surface area contributed by atoms with Crippen LogP contribution >= 0.6 is 43.5 Å². The van der Waals surface area contributed by atoms with E-state index in [9.17, 15) is 0 Å². The van der Waals surface area contributed by atoms with Crippen molar-refractivity contribution in [3.63, 3.8) is 0 Å². The minimum absolute atomic E-state index is 0.172. The maximum absolute atomic E-state index is 5.98. The van der Waals surface area contributed by atoms with Gasteiger partial charge in [0.1, 0.15) is 0 Å². The monoisotopic (exact) mass is 634 g/mol. The molecule has 0 radical (unpaired) electrons. The Hall–Kier alpha value is -0.830. The molecule has 0 amide bonds. The van der Waals surface area contributed by atoms with Crippen molar-refractivity contribution in [1.82, 2.24) is 0 Å². The van der Waals surface area contributed by atoms with E-state index in [4.69, 9.17) is 11.6 Å². The summed E-state index contributed by atoms with van der Waals surface area (Å²) in [6.45, 7) is 13.4. The lowest BCUT2D eigenvalue weighted by Gasteiger charge is -2.40. The molecule has 2 rings (SSSR count). The van der Waals surface area contributed by atoms with Crippen LogP contribution in [-0.2, 0) is 11.8 Å². The van der Waals surface area contributed by atoms with E-state index in [2.05, 4.69) is 115 Å². The summed E-state index contributed by atoms with van der Waals surface area (Å²) in [4.78, 5) is 0.249. The molecule has 198 valence electrons. The second-order valence-electron chi connectivity index (χ2n) is 10.2. The molecule has 0 aliphatic rings. The van der Waals surface area contributed by atoms with Gasteiger partial charge in [-0.25, -0.2) is 0 Å². The fourth-order valence-electron chi connectivity index (χ4n) is 5.41. The summed E-state index contributed by atoms with van der Waals surface area (Å²) in [6.07, 6.45) is 16.2. The molecule has 0 aromatic heterocycles. The number of hydrogen-bond donors (Lipinski definition) is 0. The molecular formula is C33H45Br2Cl. The number of rotatable bonds is 16. The van der Waals surface area contributed by atoms with Crippen LogP contribution in [0.25, 0.3) is 5.57 Å². The number of allylic oxidation sites excluding steroid dienone is 3. The van der Waals surface area contributed by atoms with E-state index in [1.807, 2.05) is 0 Å². The van der Waals surface area contributed by atoms with Gasteiger partial charge < -0.3 is 0 Å². The number of benzene rings is 2. The Morgan fingerprint density at radius 2 is 1.75 bits per heavy atom. The van der Waals surface area contributed by atoms with Crippen LogP contribution < -0.4 is 0 Å². The van der Waals surface area contributed by atoms with E-state index in [0.29, 0.717) is 0 Å². The smallest absolute Gasteiger partial charge is 0.0331 e. The highest BCUT2D eigenvalue weighted by atomic mass is 79.9. The van der Waals surface area contributed by atoms with Crippen LogP contribution in [0.4, 0.5) is 0 Å². The Labute approximate surface area is 243 Å². The van der Waals surface area contributed by atoms with Gasteiger partial charge in [-0.2, -0.15) is 0 Å². The van der Waals surface area contributed by atoms with Gasteiger partial charge in [0.05, 0.1) is 0 Å². The summed E-state index contributed by atoms with van der Waals surface area (Å²) in [5.74, 6) is 0.748. The van der Waals surface area contributed by atoms with Gasteiger partial charge in [-0.1, -0.05) is 133 Å². The summed E-state index contributed by atoms with van der Waals surface area (Å²) >= 11 is 13.9. The maximum atomic E-state index is 5.98. The molecule has 0 spiro atoms. The lowest BCUT2D eigenvalue weighted by molar-refractivity contribution is 0.440. The van der Waals surface area contributed by atoms with Gasteiger partial charge in [-0.15, -0.1) is 11.6 Å². The first kappa shape index (κ1) is 31.4. The Morgan fingerprint density at radius 1 is 1.03 bits per heavy atom. The fraction of sp³-hybridized carbons (Fsp3) is 0.515. The SMILES string of the molecule is C=C(/C=C\C)c1ccc(Br)cc1C(CCCCCCCl)(c1cc(C)cc(CCCCCC)c1)C(C)Br. The zero-order chi connectivity index (χ0) is 26.6. The van der Waals surface area contributed by atoms with Gasteiger partial charge in [0.15, 0.2) is 0 Å². The van der Waals surface area contributed by atoms with Crippen LogP contribution in [0.5, 0.6) is 0 Å². The van der Waals surface area contributed by atoms with E-state index in [1.54, 1.807) is 0 Å². The quantitative estimate of drug-likeness (QED) is 0.0977. The van der Waals surface area contributed by atoms with Gasteiger partial charge in [0.25, 0.3) is 0 Å². The minimum Gasteiger partial charge on any atom is -0.127 e. The van der Waals surface area contributed by atoms with Crippen molar-refractivity contribution in [2.75, 3.05) is 5.88 Å². The average molecular weight is 637 g/mol. The number of alkyl halides is 2. The van der Waals surface area contributed by atoms with Gasteiger partial charge >= 0.3 is 0 Å². The molecule has 2 unspecified atom stereocenters. The zero-order valence-electron chi connectivity index (χ0n) is 22.8. The molecule has 0 nitrogen and oxygen atoms in total. The molecule has 2 atom stereocenters. The predicted octanol–water partition coefficient (Wildman–Crippen LogP) is 11.7. The Bertz CT molecular complexity index is 991. The van der Waals surface area contributed by atoms with Crippen molar-refractivity contribution >= 4 is 49.0 Å². The molecule has 0 N–H and O–H groups in total. The minimum atomic E-state index is -0.172. The lowest BCUT2D eigenvalue weighted by atomic mass is 9.66. The zero-order valence-corrected chi connectivity index (χ0v) is 26.7. The molecule has 3 heteroatoms. The third-order valence-electron chi connectivity index (χ3n) is 7.28. The Morgan fingerprint density at radius 3 is 2.42 bits per heavy atom. The first-order chi connectivity index (χ1) is 17.3. The summed E-state index contributed by atoms with van der Waals surface area (Å²) in [6, 6.07) is 14.0. The summed E-state index contributed by atoms with van der Waals surface area (Å²) in [5.41, 5.74) is 7.70. The number of unbranched alkanes of at least 4 members (excludes halogenated alkanes) is 6. The molecule has 2 aromatic carbocycles. The Kier molecular flexibility index (Phi) is 14.1. The molecule has 0 fully saturated rings. The van der Waals surface area contributed by atoms with Crippen molar-refractivity contribution in [1.29, 1.82) is 0 Å². The van der Waals surface area contributed by atoms with E-state index in [0.717, 1.165) is 41.6 Å². The van der Waals surface area contributed by atoms with E-state index >= 15 is 0 Å². The van der Waals surface area contributed by atoms with Crippen molar-refractivity contribution in [3.05, 3.63) is 87.4 Å². The summed E-state index contributed by atoms with van der Waals surface area (Å²) in [5, 5.41) is 0. The topological polar surface area (TPSA) is 0 Å². The number of halogens is 3. The second-order valence-corrected chi connectivity index (χ2v) is 12.8. The van der Waals surface area contributed by atoms with E-state index < -0.39 is 0 Å². The van der Waals surface area contributed by atoms with Crippen molar-refractivity contribution in [2.24, 2.45) is 0 Å². The van der Waals surface area contributed by atoms with Gasteiger partial charge in [0.2, 0.25) is 0 Å². The van der Waals surface area contributed by atoms with Crippen LogP contribution in [0.2, 0.25) is 0 Å². The van der Waals surface area contributed by atoms with Gasteiger partial charge in [0, 0.05) is 20.6 Å². The highest BCUT2D eigenvalue weighted by molar-refractivity contribution is 9.10. The van der Waals surface area contributed by atoms with Crippen LogP contribution in [0.3, 0.4) is 0 Å². The third-order valence-corrected chi connectivity index (χ3v) is 8.82. The molecule has 0 bridgehead atoms. The lowest BCUT2D eigenvalue weighted by Crippen LogP contribution is -2.37. The van der Waals surface area contributed by atoms with Crippen molar-refractivity contribution < 1.29 is 0 Å². The molecule has 0 saturated carbocycles. The molecule has 36 heavy (non-hydrogen) atoms. The first-order valence-electron chi connectivity index (χ1n) is 13.7. The van der Waals surface area contributed by atoms with Crippen LogP contribution in [-0.4, -0.2) is 10.7 Å². The molecule has 0 aliphatic carbocycles. The summed E-state index contributed by atoms with van der Waals surface area (Å²) < 4.78 is 1.11. The molecule has 0 saturated heterocycles. The molecule has 0 aliphatic heterocycles. The van der Waals surface area contributed by atoms with Crippen LogP contribution in [0.15, 0.2) is 59.6 Å². The predicted molar refractivity (Wildman–Crippen MR) is 170 cm³/mol. The van der Waals surface area contributed by atoms with Crippen molar-refractivity contribution in [3.8, 4) is 0 Å². The second kappa shape index (κ2) is 16.2. The fourth-order valence-corrected chi connectivity index (χ4v) is 6.70. The van der Waals surface area contributed by atoms with Crippen molar-refractivity contribution in [2.45, 2.75) is 102 Å². The highest BCUT2D eigenvalue weighted by Crippen LogP contribution is 2.47. The number of aryl methyl sites for hydroxylation is 2. The van der Waals surface area contributed by atoms with E-state index in [1.165, 1.54) is 66.3 Å². The summed E-state index contributed by atoms with van der Waals surface area (Å²) in [7, 11) is 0. The Balaban J connectivity index is 2.69. The molecular weight excluding hydrogens is 592 g/mol. The molecule has 0 heterocycles. The standard InChI is InChI=1S/C33H45Br2Cl/c1-6-8-9-12-16-28-21-25(3)22-29(23-28)33(27(5)34,19-13-10-11-14-20-36)32-24-30(35)17-18-31(32)26(4)15-7-2/h7,15,17-18,21-24,27H,4,6,8-14,16,19-20H2,1-3,5H3/b15-7-. The first-order valence-corrected chi connectivity index (χ1v) is 16.0. The van der Waals surface area contributed by atoms with E-state index in [-0.39, 0.29) is 10.2 Å². The normalized spacial score (nSPS) is 14.2. The van der Waals surface area contributed by atoms with Crippen LogP contribution in [0.1, 0.15) is 106 Å². The third kappa shape index (κ3) is 8.60. The maximum Gasteiger partial charge on any atom is 0.0331 e.